The molecule has 4 N–H and O–H groups in total. The highest BCUT2D eigenvalue weighted by atomic mass is 79.9. The predicted molar refractivity (Wildman–Crippen MR) is 224 cm³/mol. The molecule has 0 spiro atoms. The molecule has 0 radical (unpaired) electrons. The molecule has 4 aromatic rings. The smallest absolute Gasteiger partial charge is 0.418 e. The number of halogens is 4. The summed E-state index contributed by atoms with van der Waals surface area (Å²) in [6.07, 6.45) is -0.775. The van der Waals surface area contributed by atoms with Gasteiger partial charge in [0.15, 0.2) is 5.78 Å². The van der Waals surface area contributed by atoms with Gasteiger partial charge < -0.3 is 30.5 Å². The number of anilines is 6. The van der Waals surface area contributed by atoms with Crippen molar-refractivity contribution in [2.24, 2.45) is 0 Å². The minimum atomic E-state index is -4.71. The van der Waals surface area contributed by atoms with E-state index < -0.39 is 17.8 Å². The van der Waals surface area contributed by atoms with E-state index >= 15 is 0 Å². The maximum absolute atomic E-state index is 14.7. The zero-order chi connectivity index (χ0) is 42.6. The molecular weight excluding hydrogens is 847 g/mol. The lowest BCUT2D eigenvalue weighted by molar-refractivity contribution is -0.137. The number of Topliss-reactive ketones (excluding diaryl/α,β-unsaturated/α-hetero) is 1. The Kier molecular flexibility index (Phi) is 12.9. The van der Waals surface area contributed by atoms with E-state index in [1.54, 1.807) is 34.1 Å². The van der Waals surface area contributed by atoms with Gasteiger partial charge in [-0.1, -0.05) is 24.3 Å². The van der Waals surface area contributed by atoms with Gasteiger partial charge in [-0.15, -0.1) is 0 Å². The first-order valence-electron chi connectivity index (χ1n) is 19.7. The highest BCUT2D eigenvalue weighted by Crippen LogP contribution is 2.43. The number of likely N-dealkylation sites (tertiary alicyclic amines) is 1. The fraction of sp³-hybridized carbons (Fsp3) is 0.381. The number of nitrogens with zero attached hydrogens (tertiary/aromatic N) is 5. The third-order valence-corrected chi connectivity index (χ3v) is 11.6. The van der Waals surface area contributed by atoms with Crippen LogP contribution in [0.5, 0.6) is 5.75 Å². The number of benzene rings is 3. The minimum Gasteiger partial charge on any atom is -0.494 e. The molecule has 3 aromatic carbocycles. The fourth-order valence-corrected chi connectivity index (χ4v) is 8.07. The Morgan fingerprint density at radius 2 is 1.65 bits per heavy atom. The second-order valence-corrected chi connectivity index (χ2v) is 15.9. The van der Waals surface area contributed by atoms with Gasteiger partial charge in [-0.25, -0.2) is 4.98 Å². The molecule has 3 amide bonds. The first-order valence-corrected chi connectivity index (χ1v) is 20.5. The quantitative estimate of drug-likeness (QED) is 0.0882. The maximum atomic E-state index is 14.7. The van der Waals surface area contributed by atoms with Crippen molar-refractivity contribution in [3.05, 3.63) is 88.0 Å². The zero-order valence-corrected chi connectivity index (χ0v) is 34.7. The molecule has 18 heteroatoms. The van der Waals surface area contributed by atoms with Crippen LogP contribution in [0.4, 0.5) is 47.7 Å². The Hall–Kier alpha value is -5.75. The van der Waals surface area contributed by atoms with Crippen molar-refractivity contribution in [1.29, 1.82) is 0 Å². The molecule has 3 aliphatic rings. The van der Waals surface area contributed by atoms with Crippen LogP contribution < -0.4 is 30.9 Å². The van der Waals surface area contributed by atoms with E-state index in [9.17, 15) is 32.3 Å². The van der Waals surface area contributed by atoms with Crippen LogP contribution in [0.2, 0.25) is 0 Å². The van der Waals surface area contributed by atoms with Gasteiger partial charge in [0.25, 0.3) is 0 Å². The van der Waals surface area contributed by atoms with E-state index in [1.165, 1.54) is 31.9 Å². The number of piperidine rings is 2. The van der Waals surface area contributed by atoms with Gasteiger partial charge in [0.05, 0.1) is 40.8 Å². The third-order valence-electron chi connectivity index (χ3n) is 11.1. The van der Waals surface area contributed by atoms with Gasteiger partial charge in [-0.2, -0.15) is 18.2 Å². The molecule has 0 saturated carbocycles. The van der Waals surface area contributed by atoms with E-state index in [1.807, 2.05) is 24.3 Å². The zero-order valence-electron chi connectivity index (χ0n) is 33.1. The van der Waals surface area contributed by atoms with Crippen LogP contribution in [0.3, 0.4) is 0 Å². The van der Waals surface area contributed by atoms with E-state index in [2.05, 4.69) is 52.1 Å². The van der Waals surface area contributed by atoms with Crippen molar-refractivity contribution in [3.63, 3.8) is 0 Å². The molecule has 14 nitrogen and oxygen atoms in total. The summed E-state index contributed by atoms with van der Waals surface area (Å²) in [7, 11) is 1.37. The Morgan fingerprint density at radius 1 is 0.933 bits per heavy atom. The number of nitrogens with one attached hydrogen (secondary N) is 4. The summed E-state index contributed by atoms with van der Waals surface area (Å²) < 4.78 is 50.1. The number of aromatic nitrogens is 2. The standard InChI is InChI=1S/C42H45BrF3N9O5/c1-25(56)29-5-3-4-6-32(29)49-39-31(43)23-47-41(52-39)50-34-21-30(42(44,45)46)35(22-36(34)60-2)54-17-19-55(20-18-54)38(58)24-53-15-13-27(14-16-53)26-7-9-28(10-8-26)48-33-11-12-37(57)51-40(33)59/h3-10,21-23,27,33,48H,11-20,24H2,1-2H3,(H,51,57,59)(H2,47,49,50,52). The molecule has 316 valence electrons. The van der Waals surface area contributed by atoms with E-state index in [4.69, 9.17) is 4.74 Å². The highest BCUT2D eigenvalue weighted by Gasteiger charge is 2.38. The molecule has 0 bridgehead atoms. The SMILES string of the molecule is COc1cc(N2CCN(C(=O)CN3CCC(c4ccc(NC5CCC(=O)NC5=O)cc4)CC3)CC2)c(C(F)(F)F)cc1Nc1ncc(Br)c(Nc2ccccc2C(C)=O)n1. The van der Waals surface area contributed by atoms with Gasteiger partial charge in [-0.05, 0) is 97.0 Å². The molecule has 1 unspecified atom stereocenters. The van der Waals surface area contributed by atoms with Crippen LogP contribution in [0, 0.1) is 0 Å². The van der Waals surface area contributed by atoms with E-state index in [0.717, 1.165) is 37.7 Å². The number of carbonyl (C=O) groups is 4. The number of para-hydroxylation sites is 1. The largest absolute Gasteiger partial charge is 0.494 e. The lowest BCUT2D eigenvalue weighted by atomic mass is 9.89. The van der Waals surface area contributed by atoms with Crippen molar-refractivity contribution in [1.82, 2.24) is 25.1 Å². The Bertz CT molecular complexity index is 2250. The Morgan fingerprint density at radius 3 is 2.32 bits per heavy atom. The summed E-state index contributed by atoms with van der Waals surface area (Å²) in [6.45, 7) is 4.09. The number of hydrogen-bond donors (Lipinski definition) is 4. The molecule has 60 heavy (non-hydrogen) atoms. The number of imide groups is 1. The molecule has 3 aliphatic heterocycles. The summed E-state index contributed by atoms with van der Waals surface area (Å²) in [5.74, 6) is -0.0391. The maximum Gasteiger partial charge on any atom is 0.418 e. The van der Waals surface area contributed by atoms with Crippen molar-refractivity contribution in [2.45, 2.75) is 50.7 Å². The molecule has 7 rings (SSSR count). The highest BCUT2D eigenvalue weighted by molar-refractivity contribution is 9.10. The first-order chi connectivity index (χ1) is 28.7. The Balaban J connectivity index is 0.942. The number of hydrogen-bond acceptors (Lipinski definition) is 12. The van der Waals surface area contributed by atoms with Crippen molar-refractivity contribution in [3.8, 4) is 5.75 Å². The van der Waals surface area contributed by atoms with Gasteiger partial charge in [0.1, 0.15) is 17.6 Å². The van der Waals surface area contributed by atoms with Crippen LogP contribution in [-0.4, -0.2) is 102 Å². The summed E-state index contributed by atoms with van der Waals surface area (Å²) in [5, 5.41) is 11.5. The number of alkyl halides is 3. The summed E-state index contributed by atoms with van der Waals surface area (Å²) in [5.41, 5.74) is 2.00. The van der Waals surface area contributed by atoms with Crippen LogP contribution in [0.25, 0.3) is 0 Å². The number of carbonyl (C=O) groups excluding carboxylic acids is 4. The lowest BCUT2D eigenvalue weighted by Crippen LogP contribution is -2.52. The van der Waals surface area contributed by atoms with E-state index in [-0.39, 0.29) is 85.1 Å². The molecule has 4 heterocycles. The summed E-state index contributed by atoms with van der Waals surface area (Å²) >= 11 is 3.40. The molecule has 3 saturated heterocycles. The number of amides is 3. The van der Waals surface area contributed by atoms with Crippen molar-refractivity contribution < 1.29 is 37.1 Å². The predicted octanol–water partition coefficient (Wildman–Crippen LogP) is 6.70. The first kappa shape index (κ1) is 42.4. The number of rotatable bonds is 12. The van der Waals surface area contributed by atoms with Crippen LogP contribution in [0.1, 0.15) is 60.0 Å². The van der Waals surface area contributed by atoms with Gasteiger partial charge >= 0.3 is 6.18 Å². The monoisotopic (exact) mass is 891 g/mol. The number of ether oxygens (including phenoxy) is 1. The Labute approximate surface area is 353 Å². The van der Waals surface area contributed by atoms with Gasteiger partial charge in [0.2, 0.25) is 23.7 Å². The van der Waals surface area contributed by atoms with Crippen molar-refractivity contribution >= 4 is 74.0 Å². The fourth-order valence-electron chi connectivity index (χ4n) is 7.78. The second kappa shape index (κ2) is 18.3. The average molecular weight is 893 g/mol. The topological polar surface area (TPSA) is 161 Å². The molecular formula is C42H45BrF3N9O5. The van der Waals surface area contributed by atoms with Gasteiger partial charge in [0, 0.05) is 56.1 Å². The molecule has 3 fully saturated rings. The average Bonchev–Trinajstić information content (AvgIpc) is 3.23. The molecule has 0 aliphatic carbocycles. The summed E-state index contributed by atoms with van der Waals surface area (Å²) in [4.78, 5) is 63.3. The molecule has 1 atom stereocenters. The number of piperazine rings is 1. The normalized spacial score (nSPS) is 17.9. The van der Waals surface area contributed by atoms with Crippen LogP contribution >= 0.6 is 15.9 Å². The number of ketones is 1. The van der Waals surface area contributed by atoms with E-state index in [0.29, 0.717) is 34.5 Å². The summed E-state index contributed by atoms with van der Waals surface area (Å²) in [6, 6.07) is 16.7. The van der Waals surface area contributed by atoms with Crippen LogP contribution in [-0.2, 0) is 20.6 Å². The lowest BCUT2D eigenvalue weighted by Gasteiger charge is -2.39. The second-order valence-electron chi connectivity index (χ2n) is 15.0. The van der Waals surface area contributed by atoms with Gasteiger partial charge in [-0.3, -0.25) is 29.4 Å². The van der Waals surface area contributed by atoms with Crippen molar-refractivity contribution in [2.75, 3.05) is 73.8 Å². The molecule has 1 aromatic heterocycles. The number of methoxy groups -OCH3 is 1. The minimum absolute atomic E-state index is 0.00219. The van der Waals surface area contributed by atoms with Crippen LogP contribution in [0.15, 0.2) is 71.3 Å². The third kappa shape index (κ3) is 9.98.